The van der Waals surface area contributed by atoms with E-state index in [1.807, 2.05) is 0 Å². The molecule has 2 nitrogen and oxygen atoms in total. The summed E-state index contributed by atoms with van der Waals surface area (Å²) in [6.07, 6.45) is 3.52. The van der Waals surface area contributed by atoms with Crippen LogP contribution >= 0.6 is 11.6 Å². The van der Waals surface area contributed by atoms with Crippen LogP contribution < -0.4 is 5.32 Å². The summed E-state index contributed by atoms with van der Waals surface area (Å²) in [6.45, 7) is 0. The molecule has 0 spiro atoms. The molecule has 1 aromatic carbocycles. The Labute approximate surface area is 112 Å². The number of carbonyl (C=O) groups excluding carboxylic acids is 1. The van der Waals surface area contributed by atoms with Crippen molar-refractivity contribution in [3.05, 3.63) is 35.6 Å². The molecule has 0 radical (unpaired) electrons. The second-order valence-corrected chi connectivity index (χ2v) is 5.13. The van der Waals surface area contributed by atoms with Crippen LogP contribution in [0.4, 0.5) is 4.39 Å². The van der Waals surface area contributed by atoms with Crippen molar-refractivity contribution in [2.75, 3.05) is 5.88 Å². The van der Waals surface area contributed by atoms with Crippen LogP contribution in [0, 0.1) is 11.7 Å². The smallest absolute Gasteiger partial charge is 0.224 e. The van der Waals surface area contributed by atoms with E-state index in [1.54, 1.807) is 12.1 Å². The van der Waals surface area contributed by atoms with E-state index >= 15 is 0 Å². The lowest BCUT2D eigenvalue weighted by Crippen LogP contribution is -2.38. The number of carbonyl (C=O) groups is 1. The zero-order chi connectivity index (χ0) is 13.0. The van der Waals surface area contributed by atoms with Gasteiger partial charge in [0.2, 0.25) is 5.91 Å². The summed E-state index contributed by atoms with van der Waals surface area (Å²) in [6, 6.07) is 6.24. The Morgan fingerprint density at radius 2 is 2.06 bits per heavy atom. The van der Waals surface area contributed by atoms with Gasteiger partial charge in [-0.2, -0.15) is 0 Å². The van der Waals surface area contributed by atoms with Crippen LogP contribution in [0.15, 0.2) is 24.3 Å². The number of benzene rings is 1. The molecule has 2 atom stereocenters. The maximum atomic E-state index is 12.7. The maximum Gasteiger partial charge on any atom is 0.224 e. The summed E-state index contributed by atoms with van der Waals surface area (Å²) in [5.41, 5.74) is 0.828. The van der Waals surface area contributed by atoms with Crippen molar-refractivity contribution >= 4 is 17.5 Å². The monoisotopic (exact) mass is 269 g/mol. The van der Waals surface area contributed by atoms with E-state index in [0.717, 1.165) is 24.8 Å². The fourth-order valence-corrected chi connectivity index (χ4v) is 2.83. The highest BCUT2D eigenvalue weighted by Crippen LogP contribution is 2.26. The molecule has 1 aromatic rings. The summed E-state index contributed by atoms with van der Waals surface area (Å²) in [4.78, 5) is 11.9. The topological polar surface area (TPSA) is 29.1 Å². The normalized spacial score (nSPS) is 23.0. The molecule has 0 aromatic heterocycles. The largest absolute Gasteiger partial charge is 0.353 e. The Hall–Kier alpha value is -1.09. The fourth-order valence-electron chi connectivity index (χ4n) is 2.46. The van der Waals surface area contributed by atoms with E-state index in [-0.39, 0.29) is 17.8 Å². The quantitative estimate of drug-likeness (QED) is 0.837. The van der Waals surface area contributed by atoms with Crippen molar-refractivity contribution in [2.45, 2.75) is 31.7 Å². The Morgan fingerprint density at radius 1 is 1.33 bits per heavy atom. The van der Waals surface area contributed by atoms with E-state index in [0.29, 0.717) is 18.2 Å². The van der Waals surface area contributed by atoms with E-state index < -0.39 is 0 Å². The first-order chi connectivity index (χ1) is 8.69. The van der Waals surface area contributed by atoms with Crippen molar-refractivity contribution in [3.63, 3.8) is 0 Å². The number of alkyl halides is 1. The number of hydrogen-bond acceptors (Lipinski definition) is 1. The first kappa shape index (κ1) is 13.3. The highest BCUT2D eigenvalue weighted by Gasteiger charge is 2.27. The first-order valence-corrected chi connectivity index (χ1v) is 6.82. The Kier molecular flexibility index (Phi) is 4.59. The maximum absolute atomic E-state index is 12.7. The molecule has 4 heteroatoms. The lowest BCUT2D eigenvalue weighted by molar-refractivity contribution is -0.121. The van der Waals surface area contributed by atoms with Gasteiger partial charge in [0.25, 0.3) is 0 Å². The van der Waals surface area contributed by atoms with Gasteiger partial charge in [-0.3, -0.25) is 4.79 Å². The molecular formula is C14H17ClFNO. The number of nitrogens with one attached hydrogen (secondary N) is 1. The third-order valence-corrected chi connectivity index (χ3v) is 3.88. The summed E-state index contributed by atoms with van der Waals surface area (Å²) >= 11 is 5.87. The van der Waals surface area contributed by atoms with Crippen molar-refractivity contribution in [2.24, 2.45) is 5.92 Å². The van der Waals surface area contributed by atoms with Crippen LogP contribution in [0.1, 0.15) is 24.8 Å². The van der Waals surface area contributed by atoms with Crippen LogP contribution in [0.3, 0.4) is 0 Å². The average Bonchev–Trinajstić information content (AvgIpc) is 2.79. The van der Waals surface area contributed by atoms with Crippen LogP contribution in [-0.4, -0.2) is 17.8 Å². The van der Waals surface area contributed by atoms with Gasteiger partial charge in [-0.05, 0) is 36.5 Å². The second-order valence-electron chi connectivity index (χ2n) is 4.82. The molecule has 18 heavy (non-hydrogen) atoms. The fraction of sp³-hybridized carbons (Fsp3) is 0.500. The molecule has 2 rings (SSSR count). The Bertz CT molecular complexity index is 407. The van der Waals surface area contributed by atoms with Crippen molar-refractivity contribution < 1.29 is 9.18 Å². The van der Waals surface area contributed by atoms with Gasteiger partial charge in [0.05, 0.1) is 6.42 Å². The molecule has 1 N–H and O–H groups in total. The average molecular weight is 270 g/mol. The SMILES string of the molecule is O=C(Cc1ccc(F)cc1)NC1CCCC1CCl. The predicted octanol–water partition coefficient (Wildman–Crippen LogP) is 2.89. The van der Waals surface area contributed by atoms with Gasteiger partial charge in [0.15, 0.2) is 0 Å². The zero-order valence-electron chi connectivity index (χ0n) is 10.2. The van der Waals surface area contributed by atoms with Gasteiger partial charge in [-0.1, -0.05) is 18.6 Å². The van der Waals surface area contributed by atoms with Gasteiger partial charge in [0.1, 0.15) is 5.82 Å². The van der Waals surface area contributed by atoms with Crippen molar-refractivity contribution in [1.82, 2.24) is 5.32 Å². The molecule has 0 saturated heterocycles. The molecule has 1 aliphatic rings. The van der Waals surface area contributed by atoms with Crippen LogP contribution in [0.5, 0.6) is 0 Å². The molecule has 1 aliphatic carbocycles. The van der Waals surface area contributed by atoms with Crippen molar-refractivity contribution in [1.29, 1.82) is 0 Å². The van der Waals surface area contributed by atoms with Crippen LogP contribution in [-0.2, 0) is 11.2 Å². The molecule has 1 saturated carbocycles. The summed E-state index contributed by atoms with van der Waals surface area (Å²) in [7, 11) is 0. The lowest BCUT2D eigenvalue weighted by atomic mass is 10.1. The van der Waals surface area contributed by atoms with Crippen molar-refractivity contribution in [3.8, 4) is 0 Å². The van der Waals surface area contributed by atoms with Crippen LogP contribution in [0.2, 0.25) is 0 Å². The third kappa shape index (κ3) is 3.45. The van der Waals surface area contributed by atoms with E-state index in [9.17, 15) is 9.18 Å². The second kappa shape index (κ2) is 6.19. The molecular weight excluding hydrogens is 253 g/mol. The minimum absolute atomic E-state index is 0.0105. The molecule has 0 heterocycles. The molecule has 98 valence electrons. The van der Waals surface area contributed by atoms with E-state index in [1.165, 1.54) is 12.1 Å². The zero-order valence-corrected chi connectivity index (χ0v) is 10.9. The van der Waals surface area contributed by atoms with Gasteiger partial charge in [-0.15, -0.1) is 11.6 Å². The van der Waals surface area contributed by atoms with Crippen LogP contribution in [0.25, 0.3) is 0 Å². The molecule has 1 amide bonds. The predicted molar refractivity (Wildman–Crippen MR) is 70.1 cm³/mol. The molecule has 1 fully saturated rings. The number of hydrogen-bond donors (Lipinski definition) is 1. The van der Waals surface area contributed by atoms with Gasteiger partial charge in [0, 0.05) is 11.9 Å². The number of halogens is 2. The Morgan fingerprint density at radius 3 is 2.72 bits per heavy atom. The first-order valence-electron chi connectivity index (χ1n) is 6.29. The summed E-state index contributed by atoms with van der Waals surface area (Å²) < 4.78 is 12.7. The van der Waals surface area contributed by atoms with Gasteiger partial charge in [-0.25, -0.2) is 4.39 Å². The number of amides is 1. The molecule has 0 bridgehead atoms. The lowest BCUT2D eigenvalue weighted by Gasteiger charge is -2.18. The van der Waals surface area contributed by atoms with E-state index in [2.05, 4.69) is 5.32 Å². The minimum atomic E-state index is -0.280. The van der Waals surface area contributed by atoms with Gasteiger partial charge < -0.3 is 5.32 Å². The highest BCUT2D eigenvalue weighted by atomic mass is 35.5. The third-order valence-electron chi connectivity index (χ3n) is 3.48. The molecule has 0 aliphatic heterocycles. The Balaban J connectivity index is 1.86. The summed E-state index contributed by atoms with van der Waals surface area (Å²) in [5.74, 6) is 0.700. The molecule has 2 unspecified atom stereocenters. The van der Waals surface area contributed by atoms with Gasteiger partial charge >= 0.3 is 0 Å². The standard InChI is InChI=1S/C14H17ClFNO/c15-9-11-2-1-3-13(11)17-14(18)8-10-4-6-12(16)7-5-10/h4-7,11,13H,1-3,8-9H2,(H,17,18). The highest BCUT2D eigenvalue weighted by molar-refractivity contribution is 6.18. The number of rotatable bonds is 4. The summed E-state index contributed by atoms with van der Waals surface area (Å²) in [5, 5.41) is 3.03. The minimum Gasteiger partial charge on any atom is -0.353 e. The van der Waals surface area contributed by atoms with E-state index in [4.69, 9.17) is 11.6 Å².